The third-order valence-electron chi connectivity index (χ3n) is 2.97. The maximum atomic E-state index is 12.4. The molecular weight excluding hydrogens is 345 g/mol. The third kappa shape index (κ3) is 4.22. The first-order valence-electron chi connectivity index (χ1n) is 6.37. The summed E-state index contributed by atoms with van der Waals surface area (Å²) in [5.41, 5.74) is 0.303. The first-order valence-corrected chi connectivity index (χ1v) is 8.01. The molecule has 2 rings (SSSR count). The van der Waals surface area contributed by atoms with E-state index in [1.807, 2.05) is 17.5 Å². The molecule has 4 nitrogen and oxygen atoms in total. The normalized spacial score (nSPS) is 11.8. The van der Waals surface area contributed by atoms with Gasteiger partial charge in [-0.2, -0.15) is 0 Å². The van der Waals surface area contributed by atoms with Crippen LogP contribution in [0.15, 0.2) is 35.7 Å². The summed E-state index contributed by atoms with van der Waals surface area (Å²) in [7, 11) is 1.31. The minimum Gasteiger partial charge on any atom is -0.469 e. The molecule has 0 saturated heterocycles. The second-order valence-corrected chi connectivity index (χ2v) is 6.27. The fraction of sp³-hybridized carbons (Fsp3) is 0.200. The van der Waals surface area contributed by atoms with Crippen molar-refractivity contribution in [2.75, 3.05) is 7.11 Å². The molecule has 0 aliphatic carbocycles. The van der Waals surface area contributed by atoms with Gasteiger partial charge in [-0.05, 0) is 29.6 Å². The second kappa shape index (κ2) is 7.63. The zero-order valence-corrected chi connectivity index (χ0v) is 14.0. The molecule has 1 atom stereocenters. The van der Waals surface area contributed by atoms with Crippen LogP contribution in [0.4, 0.5) is 0 Å². The molecule has 0 bridgehead atoms. The van der Waals surface area contributed by atoms with Crippen molar-refractivity contribution in [1.82, 2.24) is 5.32 Å². The number of hydrogen-bond donors (Lipinski definition) is 1. The molecule has 0 fully saturated rings. The molecule has 116 valence electrons. The van der Waals surface area contributed by atoms with Crippen molar-refractivity contribution in [2.45, 2.75) is 12.5 Å². The molecule has 1 N–H and O–H groups in total. The van der Waals surface area contributed by atoms with E-state index in [0.717, 1.165) is 4.88 Å². The highest BCUT2D eigenvalue weighted by molar-refractivity contribution is 7.10. The number of benzene rings is 1. The van der Waals surface area contributed by atoms with Crippen LogP contribution < -0.4 is 5.32 Å². The zero-order chi connectivity index (χ0) is 16.1. The molecular formula is C15H13Cl2NO3S. The molecule has 1 amide bonds. The summed E-state index contributed by atoms with van der Waals surface area (Å²) in [5.74, 6) is -0.773. The summed E-state index contributed by atoms with van der Waals surface area (Å²) < 4.78 is 4.68. The molecule has 0 aliphatic rings. The number of methoxy groups -OCH3 is 1. The Bertz CT molecular complexity index is 673. The molecule has 0 unspecified atom stereocenters. The minimum absolute atomic E-state index is 0.0496. The van der Waals surface area contributed by atoms with Crippen molar-refractivity contribution < 1.29 is 14.3 Å². The van der Waals surface area contributed by atoms with Crippen molar-refractivity contribution >= 4 is 46.4 Å². The van der Waals surface area contributed by atoms with Crippen LogP contribution in [-0.2, 0) is 9.53 Å². The number of thiophene rings is 1. The molecule has 0 radical (unpaired) electrons. The van der Waals surface area contributed by atoms with Gasteiger partial charge in [-0.1, -0.05) is 29.3 Å². The minimum atomic E-state index is -0.466. The van der Waals surface area contributed by atoms with Gasteiger partial charge in [-0.3, -0.25) is 9.59 Å². The summed E-state index contributed by atoms with van der Waals surface area (Å²) in [6.07, 6.45) is 0.0496. The van der Waals surface area contributed by atoms with Crippen LogP contribution in [0.1, 0.15) is 27.7 Å². The summed E-state index contributed by atoms with van der Waals surface area (Å²) in [6.45, 7) is 0. The van der Waals surface area contributed by atoms with Gasteiger partial charge in [0.2, 0.25) is 0 Å². The molecule has 2 aromatic rings. The van der Waals surface area contributed by atoms with E-state index in [9.17, 15) is 9.59 Å². The fourth-order valence-corrected chi connectivity index (χ4v) is 3.14. The molecule has 1 heterocycles. The number of ether oxygens (including phenoxy) is 1. The van der Waals surface area contributed by atoms with Gasteiger partial charge in [-0.15, -0.1) is 11.3 Å². The van der Waals surface area contributed by atoms with Crippen LogP contribution in [-0.4, -0.2) is 19.0 Å². The van der Waals surface area contributed by atoms with Crippen LogP contribution in [0, 0.1) is 0 Å². The average molecular weight is 358 g/mol. The van der Waals surface area contributed by atoms with Crippen molar-refractivity contribution in [2.24, 2.45) is 0 Å². The van der Waals surface area contributed by atoms with Gasteiger partial charge in [-0.25, -0.2) is 0 Å². The smallest absolute Gasteiger partial charge is 0.307 e. The maximum absolute atomic E-state index is 12.4. The number of carbonyl (C=O) groups is 2. The van der Waals surface area contributed by atoms with Crippen molar-refractivity contribution in [3.05, 3.63) is 56.2 Å². The first-order chi connectivity index (χ1) is 10.5. The predicted molar refractivity (Wildman–Crippen MR) is 87.6 cm³/mol. The lowest BCUT2D eigenvalue weighted by Crippen LogP contribution is -2.30. The summed E-state index contributed by atoms with van der Waals surface area (Å²) in [5, 5.41) is 5.39. The maximum Gasteiger partial charge on any atom is 0.307 e. The predicted octanol–water partition coefficient (Wildman–Crippen LogP) is 4.09. The Morgan fingerprint density at radius 1 is 1.32 bits per heavy atom. The van der Waals surface area contributed by atoms with Gasteiger partial charge >= 0.3 is 5.97 Å². The van der Waals surface area contributed by atoms with Gasteiger partial charge in [0.15, 0.2) is 0 Å². The van der Waals surface area contributed by atoms with Gasteiger partial charge in [0.1, 0.15) is 0 Å². The van der Waals surface area contributed by atoms with Gasteiger partial charge in [0.25, 0.3) is 5.91 Å². The second-order valence-electron chi connectivity index (χ2n) is 4.45. The van der Waals surface area contributed by atoms with Crippen molar-refractivity contribution in [3.8, 4) is 0 Å². The lowest BCUT2D eigenvalue weighted by atomic mass is 10.1. The monoisotopic (exact) mass is 357 g/mol. The lowest BCUT2D eigenvalue weighted by molar-refractivity contribution is -0.141. The Kier molecular flexibility index (Phi) is 5.83. The van der Waals surface area contributed by atoms with E-state index >= 15 is 0 Å². The number of esters is 1. The Morgan fingerprint density at radius 3 is 2.68 bits per heavy atom. The number of carbonyl (C=O) groups excluding carboxylic acids is 2. The number of hydrogen-bond acceptors (Lipinski definition) is 4. The van der Waals surface area contributed by atoms with Crippen LogP contribution in [0.3, 0.4) is 0 Å². The zero-order valence-electron chi connectivity index (χ0n) is 11.6. The van der Waals surface area contributed by atoms with E-state index in [4.69, 9.17) is 23.2 Å². The first kappa shape index (κ1) is 16.8. The Hall–Kier alpha value is -1.56. The van der Waals surface area contributed by atoms with Crippen LogP contribution in [0.2, 0.25) is 10.0 Å². The Morgan fingerprint density at radius 2 is 2.09 bits per heavy atom. The highest BCUT2D eigenvalue weighted by Gasteiger charge is 2.21. The number of amides is 1. The molecule has 22 heavy (non-hydrogen) atoms. The largest absolute Gasteiger partial charge is 0.469 e. The van der Waals surface area contributed by atoms with E-state index in [1.54, 1.807) is 12.1 Å². The van der Waals surface area contributed by atoms with Gasteiger partial charge in [0, 0.05) is 9.90 Å². The van der Waals surface area contributed by atoms with Gasteiger partial charge < -0.3 is 10.1 Å². The highest BCUT2D eigenvalue weighted by atomic mass is 35.5. The Balaban J connectivity index is 2.19. The average Bonchev–Trinajstić information content (AvgIpc) is 3.00. The van der Waals surface area contributed by atoms with Crippen LogP contribution in [0.5, 0.6) is 0 Å². The van der Waals surface area contributed by atoms with E-state index in [0.29, 0.717) is 10.6 Å². The summed E-state index contributed by atoms with van der Waals surface area (Å²) >= 11 is 13.3. The highest BCUT2D eigenvalue weighted by Crippen LogP contribution is 2.25. The lowest BCUT2D eigenvalue weighted by Gasteiger charge is -2.17. The van der Waals surface area contributed by atoms with E-state index in [-0.39, 0.29) is 17.4 Å². The van der Waals surface area contributed by atoms with E-state index in [2.05, 4.69) is 10.1 Å². The number of rotatable bonds is 5. The van der Waals surface area contributed by atoms with E-state index < -0.39 is 12.0 Å². The molecule has 7 heteroatoms. The molecule has 0 spiro atoms. The van der Waals surface area contributed by atoms with Crippen LogP contribution >= 0.6 is 34.5 Å². The standard InChI is InChI=1S/C15H13Cl2NO3S/c1-21-14(19)8-12(13-3-2-6-22-13)18-15(20)10-5-4-9(16)7-11(10)17/h2-7,12H,8H2,1H3,(H,18,20)/t12-/m0/s1. The van der Waals surface area contributed by atoms with Crippen molar-refractivity contribution in [3.63, 3.8) is 0 Å². The number of nitrogens with one attached hydrogen (secondary N) is 1. The van der Waals surface area contributed by atoms with Gasteiger partial charge in [0.05, 0.1) is 30.2 Å². The van der Waals surface area contributed by atoms with E-state index in [1.165, 1.54) is 24.5 Å². The fourth-order valence-electron chi connectivity index (χ4n) is 1.87. The quantitative estimate of drug-likeness (QED) is 0.819. The summed E-state index contributed by atoms with van der Waals surface area (Å²) in [6, 6.07) is 7.87. The molecule has 0 aliphatic heterocycles. The Labute approximate surface area is 142 Å². The molecule has 1 aromatic heterocycles. The molecule has 0 saturated carbocycles. The SMILES string of the molecule is COC(=O)C[C@H](NC(=O)c1ccc(Cl)cc1Cl)c1cccs1. The van der Waals surface area contributed by atoms with Crippen LogP contribution in [0.25, 0.3) is 0 Å². The summed E-state index contributed by atoms with van der Waals surface area (Å²) in [4.78, 5) is 24.8. The molecule has 1 aromatic carbocycles. The third-order valence-corrected chi connectivity index (χ3v) is 4.50. The number of halogens is 2. The topological polar surface area (TPSA) is 55.4 Å². The van der Waals surface area contributed by atoms with Crippen molar-refractivity contribution in [1.29, 1.82) is 0 Å².